The molecule has 0 aromatic heterocycles. The Hall–Kier alpha value is -3.22. The first-order chi connectivity index (χ1) is 13.3. The number of hydrogen-bond donors (Lipinski definition) is 1. The summed E-state index contributed by atoms with van der Waals surface area (Å²) >= 11 is 0. The zero-order valence-corrected chi connectivity index (χ0v) is 16.3. The first-order valence-corrected chi connectivity index (χ1v) is 8.94. The van der Waals surface area contributed by atoms with Crippen LogP contribution in [0.25, 0.3) is 0 Å². The van der Waals surface area contributed by atoms with E-state index < -0.39 is 18.0 Å². The van der Waals surface area contributed by atoms with Crippen LogP contribution in [0.3, 0.4) is 0 Å². The van der Waals surface area contributed by atoms with Crippen LogP contribution in [0.1, 0.15) is 23.6 Å². The molecule has 1 heterocycles. The van der Waals surface area contributed by atoms with Gasteiger partial charge < -0.3 is 24.3 Å². The molecule has 0 saturated heterocycles. The zero-order chi connectivity index (χ0) is 20.3. The second kappa shape index (κ2) is 8.21. The molecule has 2 aromatic rings. The number of nitrogens with one attached hydrogen (secondary N) is 1. The van der Waals surface area contributed by atoms with Gasteiger partial charge in [-0.2, -0.15) is 0 Å². The van der Waals surface area contributed by atoms with E-state index in [0.717, 1.165) is 16.7 Å². The third kappa shape index (κ3) is 4.54. The molecular formula is C21H23NO6. The van der Waals surface area contributed by atoms with Gasteiger partial charge in [-0.15, -0.1) is 0 Å². The van der Waals surface area contributed by atoms with Crippen molar-refractivity contribution in [2.45, 2.75) is 33.8 Å². The lowest BCUT2D eigenvalue weighted by Crippen LogP contribution is -2.31. The van der Waals surface area contributed by atoms with Crippen molar-refractivity contribution in [2.24, 2.45) is 0 Å². The Balaban J connectivity index is 1.52. The number of amides is 1. The first-order valence-electron chi connectivity index (χ1n) is 8.94. The van der Waals surface area contributed by atoms with Gasteiger partial charge in [0.25, 0.3) is 5.91 Å². The maximum absolute atomic E-state index is 12.3. The van der Waals surface area contributed by atoms with Crippen LogP contribution in [0.4, 0.5) is 5.69 Å². The lowest BCUT2D eigenvalue weighted by atomic mass is 10.1. The van der Waals surface area contributed by atoms with E-state index in [9.17, 15) is 9.59 Å². The van der Waals surface area contributed by atoms with Crippen LogP contribution in [-0.4, -0.2) is 31.4 Å². The standard InChI is InChI=1S/C21H23NO6/c1-12-7-13(2)20(14(3)8-12)25-10-19(23)28-15(4)21(24)22-16-5-6-17-18(9-16)27-11-26-17/h5-9,15H,10-11H2,1-4H3,(H,22,24)/t15-/m1/s1. The van der Waals surface area contributed by atoms with E-state index in [0.29, 0.717) is 22.9 Å². The molecule has 0 unspecified atom stereocenters. The van der Waals surface area contributed by atoms with Gasteiger partial charge in [-0.05, 0) is 51.0 Å². The highest BCUT2D eigenvalue weighted by Crippen LogP contribution is 2.34. The van der Waals surface area contributed by atoms with Crippen molar-refractivity contribution in [3.8, 4) is 17.2 Å². The van der Waals surface area contributed by atoms with Crippen LogP contribution in [-0.2, 0) is 14.3 Å². The van der Waals surface area contributed by atoms with Crippen LogP contribution < -0.4 is 19.5 Å². The van der Waals surface area contributed by atoms with Crippen LogP contribution in [0.15, 0.2) is 30.3 Å². The molecule has 1 amide bonds. The summed E-state index contributed by atoms with van der Waals surface area (Å²) in [6.07, 6.45) is -0.971. The fraction of sp³-hybridized carbons (Fsp3) is 0.333. The fourth-order valence-corrected chi connectivity index (χ4v) is 3.03. The average Bonchev–Trinajstić information content (AvgIpc) is 3.08. The summed E-state index contributed by atoms with van der Waals surface area (Å²) < 4.78 is 21.3. The molecule has 1 aliphatic rings. The third-order valence-corrected chi connectivity index (χ3v) is 4.26. The van der Waals surface area contributed by atoms with Crippen molar-refractivity contribution in [3.63, 3.8) is 0 Å². The number of aryl methyl sites for hydroxylation is 3. The SMILES string of the molecule is Cc1cc(C)c(OCC(=O)O[C@H](C)C(=O)Nc2ccc3c(c2)OCO3)c(C)c1. The second-order valence-corrected chi connectivity index (χ2v) is 6.71. The van der Waals surface area contributed by atoms with E-state index in [-0.39, 0.29) is 13.4 Å². The number of carbonyl (C=O) groups is 2. The predicted octanol–water partition coefficient (Wildman–Crippen LogP) is 3.29. The molecule has 0 saturated carbocycles. The van der Waals surface area contributed by atoms with Crippen molar-refractivity contribution in [1.29, 1.82) is 0 Å². The Kier molecular flexibility index (Phi) is 5.73. The highest BCUT2D eigenvalue weighted by atomic mass is 16.7. The number of benzene rings is 2. The molecule has 3 rings (SSSR count). The lowest BCUT2D eigenvalue weighted by Gasteiger charge is -2.16. The van der Waals surface area contributed by atoms with Gasteiger partial charge in [0.05, 0.1) is 0 Å². The molecule has 148 valence electrons. The smallest absolute Gasteiger partial charge is 0.344 e. The number of rotatable bonds is 6. The Morgan fingerprint density at radius 1 is 1.07 bits per heavy atom. The number of hydrogen-bond acceptors (Lipinski definition) is 6. The number of anilines is 1. The highest BCUT2D eigenvalue weighted by molar-refractivity contribution is 5.95. The minimum atomic E-state index is -0.971. The normalized spacial score (nSPS) is 13.0. The van der Waals surface area contributed by atoms with Gasteiger partial charge in [0.2, 0.25) is 6.79 Å². The highest BCUT2D eigenvalue weighted by Gasteiger charge is 2.20. The van der Waals surface area contributed by atoms with Gasteiger partial charge in [-0.25, -0.2) is 4.79 Å². The monoisotopic (exact) mass is 385 g/mol. The summed E-state index contributed by atoms with van der Waals surface area (Å²) in [5.74, 6) is 0.763. The Labute approximate surface area is 163 Å². The first kappa shape index (κ1) is 19.5. The van der Waals surface area contributed by atoms with Crippen LogP contribution in [0.5, 0.6) is 17.2 Å². The minimum absolute atomic E-state index is 0.153. The fourth-order valence-electron chi connectivity index (χ4n) is 3.03. The average molecular weight is 385 g/mol. The predicted molar refractivity (Wildman–Crippen MR) is 103 cm³/mol. The minimum Gasteiger partial charge on any atom is -0.481 e. The largest absolute Gasteiger partial charge is 0.481 e. The van der Waals surface area contributed by atoms with E-state index in [1.807, 2.05) is 32.9 Å². The number of ether oxygens (including phenoxy) is 4. The van der Waals surface area contributed by atoms with Crippen molar-refractivity contribution >= 4 is 17.6 Å². The molecule has 0 aliphatic carbocycles. The van der Waals surface area contributed by atoms with Crippen molar-refractivity contribution in [1.82, 2.24) is 0 Å². The van der Waals surface area contributed by atoms with E-state index in [1.165, 1.54) is 6.92 Å². The molecule has 0 bridgehead atoms. The zero-order valence-electron chi connectivity index (χ0n) is 16.3. The van der Waals surface area contributed by atoms with Gasteiger partial charge in [-0.1, -0.05) is 17.7 Å². The maximum Gasteiger partial charge on any atom is 0.344 e. The van der Waals surface area contributed by atoms with Crippen LogP contribution in [0, 0.1) is 20.8 Å². The molecular weight excluding hydrogens is 362 g/mol. The van der Waals surface area contributed by atoms with Gasteiger partial charge in [0, 0.05) is 11.8 Å². The van der Waals surface area contributed by atoms with Gasteiger partial charge in [-0.3, -0.25) is 4.79 Å². The quantitative estimate of drug-likeness (QED) is 0.769. The van der Waals surface area contributed by atoms with Gasteiger partial charge in [0.1, 0.15) is 5.75 Å². The molecule has 0 fully saturated rings. The van der Waals surface area contributed by atoms with E-state index >= 15 is 0 Å². The lowest BCUT2D eigenvalue weighted by molar-refractivity contribution is -0.155. The molecule has 2 aromatic carbocycles. The molecule has 0 radical (unpaired) electrons. The summed E-state index contributed by atoms with van der Waals surface area (Å²) in [5, 5.41) is 2.68. The Morgan fingerprint density at radius 3 is 2.46 bits per heavy atom. The van der Waals surface area contributed by atoms with Crippen molar-refractivity contribution in [2.75, 3.05) is 18.7 Å². The molecule has 28 heavy (non-hydrogen) atoms. The second-order valence-electron chi connectivity index (χ2n) is 6.71. The summed E-state index contributed by atoms with van der Waals surface area (Å²) in [7, 11) is 0. The summed E-state index contributed by atoms with van der Waals surface area (Å²) in [6.45, 7) is 7.22. The van der Waals surface area contributed by atoms with E-state index in [4.69, 9.17) is 18.9 Å². The summed E-state index contributed by atoms with van der Waals surface area (Å²) in [6, 6.07) is 9.01. The molecule has 7 nitrogen and oxygen atoms in total. The molecule has 1 aliphatic heterocycles. The molecule has 1 atom stereocenters. The number of carbonyl (C=O) groups excluding carboxylic acids is 2. The molecule has 7 heteroatoms. The van der Waals surface area contributed by atoms with Gasteiger partial charge >= 0.3 is 5.97 Å². The van der Waals surface area contributed by atoms with E-state index in [2.05, 4.69) is 5.32 Å². The molecule has 1 N–H and O–H groups in total. The number of fused-ring (bicyclic) bond motifs is 1. The Bertz CT molecular complexity index is 885. The van der Waals surface area contributed by atoms with Crippen LogP contribution in [0.2, 0.25) is 0 Å². The third-order valence-electron chi connectivity index (χ3n) is 4.26. The van der Waals surface area contributed by atoms with Crippen molar-refractivity contribution in [3.05, 3.63) is 47.0 Å². The van der Waals surface area contributed by atoms with Crippen molar-refractivity contribution < 1.29 is 28.5 Å². The summed E-state index contributed by atoms with van der Waals surface area (Å²) in [4.78, 5) is 24.3. The number of esters is 1. The van der Waals surface area contributed by atoms with E-state index in [1.54, 1.807) is 18.2 Å². The molecule has 0 spiro atoms. The Morgan fingerprint density at radius 2 is 1.75 bits per heavy atom. The maximum atomic E-state index is 12.3. The van der Waals surface area contributed by atoms with Gasteiger partial charge in [0.15, 0.2) is 24.2 Å². The van der Waals surface area contributed by atoms with Crippen LogP contribution >= 0.6 is 0 Å². The topological polar surface area (TPSA) is 83.1 Å². The summed E-state index contributed by atoms with van der Waals surface area (Å²) in [5.41, 5.74) is 3.54.